The number of thiophene rings is 1. The van der Waals surface area contributed by atoms with Gasteiger partial charge in [0.1, 0.15) is 16.3 Å². The Morgan fingerprint density at radius 3 is 2.27 bits per heavy atom. The van der Waals surface area contributed by atoms with E-state index >= 15 is 0 Å². The minimum absolute atomic E-state index is 0.208. The van der Waals surface area contributed by atoms with Gasteiger partial charge in [0, 0.05) is 41.9 Å². The van der Waals surface area contributed by atoms with Gasteiger partial charge in [0.05, 0.1) is 5.39 Å². The smallest absolute Gasteiger partial charge is 0.275 e. The first-order chi connectivity index (χ1) is 15.9. The predicted molar refractivity (Wildman–Crippen MR) is 132 cm³/mol. The van der Waals surface area contributed by atoms with Gasteiger partial charge in [-0.15, -0.1) is 11.3 Å². The molecular weight excluding hydrogens is 434 g/mol. The Balaban J connectivity index is 1.69. The normalized spacial score (nSPS) is 13.5. The summed E-state index contributed by atoms with van der Waals surface area (Å²) in [6.07, 6.45) is 0. The minimum atomic E-state index is -0.461. The number of anilines is 2. The van der Waals surface area contributed by atoms with Crippen molar-refractivity contribution in [2.75, 3.05) is 24.3 Å². The number of imide groups is 1. The van der Waals surface area contributed by atoms with Crippen LogP contribution in [0.5, 0.6) is 0 Å². The highest BCUT2D eigenvalue weighted by Crippen LogP contribution is 2.39. The SMILES string of the molecule is CC1=C(Nc2nc(-c3ccc(N(C)C)cc3)nc3scc(-c4ccccc4)c23)C(=O)NC1=O. The topological polar surface area (TPSA) is 87.2 Å². The number of amides is 2. The Labute approximate surface area is 194 Å². The zero-order valence-electron chi connectivity index (χ0n) is 18.3. The number of benzene rings is 2. The second-order valence-corrected chi connectivity index (χ2v) is 8.80. The van der Waals surface area contributed by atoms with Crippen molar-refractivity contribution in [2.45, 2.75) is 6.92 Å². The molecular formula is C25H21N5O2S. The molecule has 2 aromatic heterocycles. The molecule has 0 radical (unpaired) electrons. The first-order valence-corrected chi connectivity index (χ1v) is 11.3. The summed E-state index contributed by atoms with van der Waals surface area (Å²) < 4.78 is 0. The van der Waals surface area contributed by atoms with E-state index in [0.29, 0.717) is 17.2 Å². The summed E-state index contributed by atoms with van der Waals surface area (Å²) in [6.45, 7) is 1.62. The predicted octanol–water partition coefficient (Wildman–Crippen LogP) is 4.43. The Hall–Kier alpha value is -4.04. The van der Waals surface area contributed by atoms with Crippen molar-refractivity contribution in [2.24, 2.45) is 0 Å². The largest absolute Gasteiger partial charge is 0.378 e. The van der Waals surface area contributed by atoms with E-state index in [1.54, 1.807) is 6.92 Å². The monoisotopic (exact) mass is 455 g/mol. The minimum Gasteiger partial charge on any atom is -0.378 e. The lowest BCUT2D eigenvalue weighted by Gasteiger charge is -2.13. The van der Waals surface area contributed by atoms with E-state index < -0.39 is 11.8 Å². The summed E-state index contributed by atoms with van der Waals surface area (Å²) in [7, 11) is 3.97. The molecule has 0 aliphatic carbocycles. The van der Waals surface area contributed by atoms with Gasteiger partial charge in [-0.1, -0.05) is 30.3 Å². The molecule has 4 aromatic rings. The summed E-state index contributed by atoms with van der Waals surface area (Å²) >= 11 is 1.52. The van der Waals surface area contributed by atoms with Crippen LogP contribution in [0.1, 0.15) is 6.92 Å². The van der Waals surface area contributed by atoms with E-state index in [4.69, 9.17) is 9.97 Å². The molecule has 5 rings (SSSR count). The number of nitrogens with zero attached hydrogens (tertiary/aromatic N) is 3. The second kappa shape index (κ2) is 8.14. The number of hydrogen-bond acceptors (Lipinski definition) is 7. The fraction of sp³-hybridized carbons (Fsp3) is 0.120. The van der Waals surface area contributed by atoms with Crippen LogP contribution in [0, 0.1) is 0 Å². The molecule has 2 N–H and O–H groups in total. The Morgan fingerprint density at radius 1 is 0.909 bits per heavy atom. The van der Waals surface area contributed by atoms with Crippen molar-refractivity contribution in [1.29, 1.82) is 0 Å². The molecule has 7 nitrogen and oxygen atoms in total. The van der Waals surface area contributed by atoms with Crippen LogP contribution in [0.25, 0.3) is 32.7 Å². The van der Waals surface area contributed by atoms with Gasteiger partial charge >= 0.3 is 0 Å². The second-order valence-electron chi connectivity index (χ2n) is 7.94. The number of carbonyl (C=O) groups excluding carboxylic acids is 2. The maximum Gasteiger partial charge on any atom is 0.275 e. The zero-order chi connectivity index (χ0) is 23.1. The average molecular weight is 456 g/mol. The fourth-order valence-corrected chi connectivity index (χ4v) is 4.66. The molecule has 0 fully saturated rings. The summed E-state index contributed by atoms with van der Waals surface area (Å²) in [5, 5.41) is 8.33. The molecule has 0 unspecified atom stereocenters. The molecule has 0 atom stereocenters. The maximum atomic E-state index is 12.4. The quantitative estimate of drug-likeness (QED) is 0.433. The highest BCUT2D eigenvalue weighted by molar-refractivity contribution is 7.17. The van der Waals surface area contributed by atoms with Crippen molar-refractivity contribution in [1.82, 2.24) is 15.3 Å². The summed E-state index contributed by atoms with van der Waals surface area (Å²) in [5.74, 6) is 0.171. The van der Waals surface area contributed by atoms with E-state index in [-0.39, 0.29) is 5.70 Å². The summed E-state index contributed by atoms with van der Waals surface area (Å²) in [5.41, 5.74) is 4.46. The fourth-order valence-electron chi connectivity index (χ4n) is 3.71. The van der Waals surface area contributed by atoms with Gasteiger partial charge in [-0.05, 0) is 36.8 Å². The van der Waals surface area contributed by atoms with Gasteiger partial charge in [-0.25, -0.2) is 9.97 Å². The highest BCUT2D eigenvalue weighted by atomic mass is 32.1. The van der Waals surface area contributed by atoms with Gasteiger partial charge in [0.25, 0.3) is 11.8 Å². The first-order valence-electron chi connectivity index (χ1n) is 10.4. The molecule has 1 aliphatic heterocycles. The van der Waals surface area contributed by atoms with Gasteiger partial charge in [0.15, 0.2) is 5.82 Å². The zero-order valence-corrected chi connectivity index (χ0v) is 19.2. The maximum absolute atomic E-state index is 12.4. The number of aromatic nitrogens is 2. The van der Waals surface area contributed by atoms with Crippen LogP contribution in [-0.2, 0) is 9.59 Å². The van der Waals surface area contributed by atoms with E-state index in [1.165, 1.54) is 11.3 Å². The van der Waals surface area contributed by atoms with E-state index in [9.17, 15) is 9.59 Å². The van der Waals surface area contributed by atoms with E-state index in [1.807, 2.05) is 79.0 Å². The number of fused-ring (bicyclic) bond motifs is 1. The standard InChI is InChI=1S/C25H21N5O2S/c1-14-20(24(32)29-23(14)31)26-22-19-18(15-7-5-4-6-8-15)13-33-25(19)28-21(27-22)16-9-11-17(12-10-16)30(2)3/h4-13H,1-3H3,(H2,26,27,28,29,31,32). The van der Waals surface area contributed by atoms with Crippen LogP contribution in [0.15, 0.2) is 71.2 Å². The lowest BCUT2D eigenvalue weighted by atomic mass is 10.1. The Morgan fingerprint density at radius 2 is 1.64 bits per heavy atom. The van der Waals surface area contributed by atoms with Gasteiger partial charge < -0.3 is 10.2 Å². The number of nitrogens with one attached hydrogen (secondary N) is 2. The lowest BCUT2D eigenvalue weighted by Crippen LogP contribution is -2.24. The number of hydrogen-bond donors (Lipinski definition) is 2. The summed E-state index contributed by atoms with van der Waals surface area (Å²) in [4.78, 5) is 36.8. The number of rotatable bonds is 5. The molecule has 2 aromatic carbocycles. The van der Waals surface area contributed by atoms with Crippen molar-refractivity contribution < 1.29 is 9.59 Å². The molecule has 8 heteroatoms. The lowest BCUT2D eigenvalue weighted by molar-refractivity contribution is -0.124. The van der Waals surface area contributed by atoms with Crippen LogP contribution in [0.2, 0.25) is 0 Å². The van der Waals surface area contributed by atoms with Crippen LogP contribution in [-0.4, -0.2) is 35.9 Å². The van der Waals surface area contributed by atoms with Gasteiger partial charge in [-0.2, -0.15) is 0 Å². The van der Waals surface area contributed by atoms with Crippen molar-refractivity contribution in [3.8, 4) is 22.5 Å². The molecule has 0 saturated heterocycles. The molecule has 164 valence electrons. The third-order valence-corrected chi connectivity index (χ3v) is 6.45. The molecule has 0 saturated carbocycles. The van der Waals surface area contributed by atoms with E-state index in [0.717, 1.165) is 32.6 Å². The highest BCUT2D eigenvalue weighted by Gasteiger charge is 2.28. The molecule has 0 bridgehead atoms. The third-order valence-electron chi connectivity index (χ3n) is 5.57. The molecule has 2 amide bonds. The Bertz CT molecular complexity index is 1420. The van der Waals surface area contributed by atoms with Crippen LogP contribution in [0.4, 0.5) is 11.5 Å². The number of carbonyl (C=O) groups is 2. The van der Waals surface area contributed by atoms with Crippen molar-refractivity contribution in [3.05, 3.63) is 71.2 Å². The summed E-state index contributed by atoms with van der Waals surface area (Å²) in [6, 6.07) is 17.9. The van der Waals surface area contributed by atoms with Gasteiger partial charge in [0.2, 0.25) is 0 Å². The van der Waals surface area contributed by atoms with Crippen LogP contribution >= 0.6 is 11.3 Å². The van der Waals surface area contributed by atoms with Crippen molar-refractivity contribution in [3.63, 3.8) is 0 Å². The Kier molecular flexibility index (Phi) is 5.14. The average Bonchev–Trinajstić information content (AvgIpc) is 3.36. The molecule has 33 heavy (non-hydrogen) atoms. The first kappa shape index (κ1) is 20.8. The molecule has 3 heterocycles. The van der Waals surface area contributed by atoms with Crippen molar-refractivity contribution >= 4 is 44.9 Å². The third kappa shape index (κ3) is 3.74. The van der Waals surface area contributed by atoms with E-state index in [2.05, 4.69) is 10.6 Å². The van der Waals surface area contributed by atoms with Crippen LogP contribution in [0.3, 0.4) is 0 Å². The van der Waals surface area contributed by atoms with Crippen LogP contribution < -0.4 is 15.5 Å². The molecule has 0 spiro atoms. The molecule has 1 aliphatic rings. The van der Waals surface area contributed by atoms with Gasteiger partial charge in [-0.3, -0.25) is 14.9 Å².